The summed E-state index contributed by atoms with van der Waals surface area (Å²) in [6.45, 7) is 4.08. The Hall–Kier alpha value is -2.59. The van der Waals surface area contributed by atoms with E-state index in [1.54, 1.807) is 6.20 Å². The van der Waals surface area contributed by atoms with Gasteiger partial charge in [0.15, 0.2) is 11.5 Å². The number of nitrogens with one attached hydrogen (secondary N) is 1. The lowest BCUT2D eigenvalue weighted by molar-refractivity contribution is 0.171. The van der Waals surface area contributed by atoms with Crippen molar-refractivity contribution >= 4 is 16.0 Å². The van der Waals surface area contributed by atoms with Crippen LogP contribution in [0.25, 0.3) is 11.1 Å². The monoisotopic (exact) mass is 488 g/mol. The van der Waals surface area contributed by atoms with Crippen molar-refractivity contribution in [2.24, 2.45) is 5.92 Å². The normalized spacial score (nSPS) is 25.2. The lowest BCUT2D eigenvalue weighted by Gasteiger charge is -2.27. The highest BCUT2D eigenvalue weighted by atomic mass is 32.2. The van der Waals surface area contributed by atoms with E-state index in [9.17, 15) is 8.42 Å². The number of ether oxygens (including phenoxy) is 3. The summed E-state index contributed by atoms with van der Waals surface area (Å²) < 4.78 is 43.1. The molecule has 1 saturated carbocycles. The van der Waals surface area contributed by atoms with Crippen molar-refractivity contribution < 1.29 is 22.6 Å². The maximum absolute atomic E-state index is 12.0. The topological polar surface area (TPSA) is 103 Å². The van der Waals surface area contributed by atoms with E-state index in [2.05, 4.69) is 17.2 Å². The molecule has 1 aromatic carbocycles. The van der Waals surface area contributed by atoms with Crippen LogP contribution in [0.1, 0.15) is 39.0 Å². The summed E-state index contributed by atoms with van der Waals surface area (Å²) in [4.78, 5) is 9.33. The standard InChI is InChI=1S/C24H32N4O5S/c1-16-3-6-18(7-4-16)26-24-25-14-20(17-5-8-21-22(13-17)32-12-11-31-21)23(27-24)33-19-9-10-28(15-19)34(2,29)30/h5,8,13-14,16,18-19H,3-4,6-7,9-12,15H2,1-2H3,(H,25,26,27)/t16-,18-,19?. The Morgan fingerprint density at radius 2 is 1.85 bits per heavy atom. The summed E-state index contributed by atoms with van der Waals surface area (Å²) in [6.07, 6.45) is 7.91. The molecule has 1 unspecified atom stereocenters. The lowest BCUT2D eigenvalue weighted by atomic mass is 9.87. The summed E-state index contributed by atoms with van der Waals surface area (Å²) in [5, 5.41) is 3.48. The summed E-state index contributed by atoms with van der Waals surface area (Å²) in [5.74, 6) is 3.13. The summed E-state index contributed by atoms with van der Waals surface area (Å²) in [7, 11) is -3.25. The van der Waals surface area contributed by atoms with Gasteiger partial charge in [0.1, 0.15) is 19.3 Å². The number of sulfonamides is 1. The van der Waals surface area contributed by atoms with Crippen molar-refractivity contribution in [3.8, 4) is 28.5 Å². The van der Waals surface area contributed by atoms with Gasteiger partial charge in [0, 0.05) is 18.8 Å². The molecule has 184 valence electrons. The van der Waals surface area contributed by atoms with E-state index < -0.39 is 10.0 Å². The third-order valence-corrected chi connectivity index (χ3v) is 8.08. The van der Waals surface area contributed by atoms with Crippen molar-refractivity contribution in [3.05, 3.63) is 24.4 Å². The Morgan fingerprint density at radius 3 is 2.59 bits per heavy atom. The van der Waals surface area contributed by atoms with E-state index in [0.717, 1.165) is 29.9 Å². The van der Waals surface area contributed by atoms with Gasteiger partial charge in [0.25, 0.3) is 0 Å². The molecular formula is C24H32N4O5S. The largest absolute Gasteiger partial charge is 0.486 e. The smallest absolute Gasteiger partial charge is 0.226 e. The fourth-order valence-electron chi connectivity index (χ4n) is 4.77. The third-order valence-electron chi connectivity index (χ3n) is 6.81. The van der Waals surface area contributed by atoms with Gasteiger partial charge < -0.3 is 19.5 Å². The highest BCUT2D eigenvalue weighted by molar-refractivity contribution is 7.88. The second-order valence-corrected chi connectivity index (χ2v) is 11.5. The molecule has 10 heteroatoms. The molecule has 1 N–H and O–H groups in total. The maximum Gasteiger partial charge on any atom is 0.226 e. The molecule has 0 bridgehead atoms. The highest BCUT2D eigenvalue weighted by Gasteiger charge is 2.31. The second kappa shape index (κ2) is 9.58. The number of rotatable bonds is 6. The molecule has 3 heterocycles. The number of fused-ring (bicyclic) bond motifs is 1. The van der Waals surface area contributed by atoms with Crippen LogP contribution in [0.4, 0.5) is 5.95 Å². The van der Waals surface area contributed by atoms with Crippen LogP contribution in [0.3, 0.4) is 0 Å². The zero-order valence-electron chi connectivity index (χ0n) is 19.7. The Bertz CT molecular complexity index is 1130. The van der Waals surface area contributed by atoms with E-state index in [0.29, 0.717) is 62.1 Å². The molecular weight excluding hydrogens is 456 g/mol. The van der Waals surface area contributed by atoms with Crippen LogP contribution in [0.15, 0.2) is 24.4 Å². The van der Waals surface area contributed by atoms with Gasteiger partial charge in [-0.25, -0.2) is 13.4 Å². The zero-order valence-corrected chi connectivity index (χ0v) is 20.5. The van der Waals surface area contributed by atoms with E-state index in [4.69, 9.17) is 19.2 Å². The lowest BCUT2D eigenvalue weighted by Crippen LogP contribution is -2.30. The molecule has 5 rings (SSSR count). The van der Waals surface area contributed by atoms with Gasteiger partial charge in [-0.15, -0.1) is 0 Å². The van der Waals surface area contributed by atoms with Gasteiger partial charge in [-0.1, -0.05) is 13.0 Å². The molecule has 9 nitrogen and oxygen atoms in total. The van der Waals surface area contributed by atoms with Crippen LogP contribution in [0.5, 0.6) is 17.4 Å². The average molecular weight is 489 g/mol. The van der Waals surface area contributed by atoms with Crippen LogP contribution < -0.4 is 19.5 Å². The number of anilines is 1. The quantitative estimate of drug-likeness (QED) is 0.661. The fraction of sp³-hybridized carbons (Fsp3) is 0.583. The highest BCUT2D eigenvalue weighted by Crippen LogP contribution is 2.38. The van der Waals surface area contributed by atoms with Gasteiger partial charge in [0.05, 0.1) is 18.4 Å². The van der Waals surface area contributed by atoms with Crippen LogP contribution in [-0.4, -0.2) is 67.4 Å². The Labute approximate surface area is 200 Å². The molecule has 2 aromatic rings. The molecule has 2 fully saturated rings. The first-order valence-corrected chi connectivity index (χ1v) is 13.9. The molecule has 34 heavy (non-hydrogen) atoms. The van der Waals surface area contributed by atoms with E-state index in [1.807, 2.05) is 18.2 Å². The SMILES string of the molecule is CS(=O)(=O)N1CCC(Oc2nc(N[C@H]3CC[C@H](C)CC3)ncc2-c2ccc3c(c2)OCCO3)C1. The van der Waals surface area contributed by atoms with E-state index >= 15 is 0 Å². The van der Waals surface area contributed by atoms with Gasteiger partial charge in [-0.05, 0) is 55.7 Å². The maximum atomic E-state index is 12.0. The second-order valence-electron chi connectivity index (χ2n) is 9.52. The minimum atomic E-state index is -3.25. The van der Waals surface area contributed by atoms with Crippen LogP contribution >= 0.6 is 0 Å². The first-order chi connectivity index (χ1) is 16.3. The van der Waals surface area contributed by atoms with Gasteiger partial charge in [-0.2, -0.15) is 9.29 Å². The molecule has 1 atom stereocenters. The molecule has 1 saturated heterocycles. The van der Waals surface area contributed by atoms with E-state index in [-0.39, 0.29) is 6.10 Å². The molecule has 1 aliphatic carbocycles. The third kappa shape index (κ3) is 5.22. The van der Waals surface area contributed by atoms with Gasteiger partial charge >= 0.3 is 0 Å². The molecule has 0 radical (unpaired) electrons. The minimum absolute atomic E-state index is 0.274. The van der Waals surface area contributed by atoms with Crippen molar-refractivity contribution in [2.75, 3.05) is 37.9 Å². The van der Waals surface area contributed by atoms with Crippen LogP contribution in [0.2, 0.25) is 0 Å². The van der Waals surface area contributed by atoms with Crippen molar-refractivity contribution in [2.45, 2.75) is 51.2 Å². The summed E-state index contributed by atoms with van der Waals surface area (Å²) in [5.41, 5.74) is 1.59. The Balaban J connectivity index is 1.42. The molecule has 3 aliphatic rings. The van der Waals surface area contributed by atoms with Gasteiger partial charge in [-0.3, -0.25) is 0 Å². The first kappa shape index (κ1) is 23.2. The average Bonchev–Trinajstić information content (AvgIpc) is 3.30. The molecule has 0 spiro atoms. The summed E-state index contributed by atoms with van der Waals surface area (Å²) in [6, 6.07) is 6.07. The molecule has 1 aromatic heterocycles. The van der Waals surface area contributed by atoms with Crippen molar-refractivity contribution in [3.63, 3.8) is 0 Å². The van der Waals surface area contributed by atoms with E-state index in [1.165, 1.54) is 23.4 Å². The number of benzene rings is 1. The van der Waals surface area contributed by atoms with Gasteiger partial charge in [0.2, 0.25) is 21.9 Å². The van der Waals surface area contributed by atoms with Crippen molar-refractivity contribution in [1.29, 1.82) is 0 Å². The fourth-order valence-corrected chi connectivity index (χ4v) is 5.65. The number of hydrogen-bond donors (Lipinski definition) is 1. The van der Waals surface area contributed by atoms with Crippen LogP contribution in [0, 0.1) is 5.92 Å². The van der Waals surface area contributed by atoms with Crippen LogP contribution in [-0.2, 0) is 10.0 Å². The Kier molecular flexibility index (Phi) is 6.52. The summed E-state index contributed by atoms with van der Waals surface area (Å²) >= 11 is 0. The molecule has 2 aliphatic heterocycles. The predicted octanol–water partition coefficient (Wildman–Crippen LogP) is 3.32. The molecule has 0 amide bonds. The Morgan fingerprint density at radius 1 is 1.09 bits per heavy atom. The minimum Gasteiger partial charge on any atom is -0.486 e. The number of hydrogen-bond acceptors (Lipinski definition) is 8. The zero-order chi connectivity index (χ0) is 23.7. The number of nitrogens with zero attached hydrogens (tertiary/aromatic N) is 3. The predicted molar refractivity (Wildman–Crippen MR) is 129 cm³/mol. The first-order valence-electron chi connectivity index (χ1n) is 12.0. The van der Waals surface area contributed by atoms with Crippen molar-refractivity contribution in [1.82, 2.24) is 14.3 Å². The number of aromatic nitrogens is 2.